The molecule has 0 radical (unpaired) electrons. The van der Waals surface area contributed by atoms with E-state index in [9.17, 15) is 19.3 Å². The number of nitrogens with zero attached hydrogens (tertiary/aromatic N) is 4. The van der Waals surface area contributed by atoms with E-state index in [1.54, 1.807) is 11.6 Å². The monoisotopic (exact) mass is 417 g/mol. The lowest BCUT2D eigenvalue weighted by molar-refractivity contribution is -0.384. The molecule has 150 valence electrons. The van der Waals surface area contributed by atoms with E-state index in [1.165, 1.54) is 60.3 Å². The molecule has 0 spiro atoms. The van der Waals surface area contributed by atoms with E-state index in [4.69, 9.17) is 4.74 Å². The fourth-order valence-corrected chi connectivity index (χ4v) is 3.00. The van der Waals surface area contributed by atoms with Crippen LogP contribution in [0.4, 0.5) is 15.8 Å². The van der Waals surface area contributed by atoms with Gasteiger partial charge in [-0.15, -0.1) is 10.2 Å². The number of non-ortho nitro benzene ring substituents is 1. The Labute approximate surface area is 169 Å². The van der Waals surface area contributed by atoms with Gasteiger partial charge < -0.3 is 14.6 Å². The van der Waals surface area contributed by atoms with E-state index in [0.717, 1.165) is 0 Å². The molecule has 1 heterocycles. The molecule has 29 heavy (non-hydrogen) atoms. The summed E-state index contributed by atoms with van der Waals surface area (Å²) in [5.41, 5.74) is 0.487. The van der Waals surface area contributed by atoms with E-state index in [2.05, 4.69) is 15.5 Å². The summed E-state index contributed by atoms with van der Waals surface area (Å²) >= 11 is 1.20. The maximum atomic E-state index is 12.9. The van der Waals surface area contributed by atoms with Crippen molar-refractivity contribution in [2.75, 3.05) is 11.1 Å². The van der Waals surface area contributed by atoms with Crippen LogP contribution >= 0.6 is 11.8 Å². The maximum Gasteiger partial charge on any atom is 0.269 e. The molecule has 0 aliphatic carbocycles. The van der Waals surface area contributed by atoms with Gasteiger partial charge in [0, 0.05) is 24.9 Å². The van der Waals surface area contributed by atoms with E-state index in [0.29, 0.717) is 22.4 Å². The molecular weight excluding hydrogens is 401 g/mol. The summed E-state index contributed by atoms with van der Waals surface area (Å²) in [6.45, 7) is 0.115. The van der Waals surface area contributed by atoms with Gasteiger partial charge in [-0.05, 0) is 36.4 Å². The number of rotatable bonds is 8. The van der Waals surface area contributed by atoms with Gasteiger partial charge in [0.2, 0.25) is 5.91 Å². The van der Waals surface area contributed by atoms with Gasteiger partial charge in [0.05, 0.1) is 10.7 Å². The van der Waals surface area contributed by atoms with Crippen molar-refractivity contribution in [1.82, 2.24) is 14.8 Å². The molecule has 0 aliphatic heterocycles. The highest BCUT2D eigenvalue weighted by Crippen LogP contribution is 2.20. The lowest BCUT2D eigenvalue weighted by atomic mass is 10.3. The predicted molar refractivity (Wildman–Crippen MR) is 104 cm³/mol. The molecule has 1 amide bonds. The van der Waals surface area contributed by atoms with Gasteiger partial charge in [-0.3, -0.25) is 14.9 Å². The zero-order valence-electron chi connectivity index (χ0n) is 15.2. The Balaban J connectivity index is 1.51. The highest BCUT2D eigenvalue weighted by atomic mass is 32.2. The summed E-state index contributed by atoms with van der Waals surface area (Å²) in [6, 6.07) is 11.2. The minimum absolute atomic E-state index is 0.0198. The Morgan fingerprint density at radius 2 is 1.90 bits per heavy atom. The van der Waals surface area contributed by atoms with Crippen molar-refractivity contribution in [3.63, 3.8) is 0 Å². The number of thioether (sulfide) groups is 1. The van der Waals surface area contributed by atoms with Crippen LogP contribution in [0.25, 0.3) is 0 Å². The zero-order chi connectivity index (χ0) is 20.8. The number of carbonyl (C=O) groups is 1. The Morgan fingerprint density at radius 1 is 1.21 bits per heavy atom. The van der Waals surface area contributed by atoms with Gasteiger partial charge in [-0.25, -0.2) is 4.39 Å². The third-order valence-electron chi connectivity index (χ3n) is 3.80. The lowest BCUT2D eigenvalue weighted by Gasteiger charge is -2.07. The molecule has 11 heteroatoms. The molecule has 0 aliphatic rings. The number of ether oxygens (including phenoxy) is 1. The molecule has 3 rings (SSSR count). The molecule has 3 aromatic rings. The van der Waals surface area contributed by atoms with E-state index in [-0.39, 0.29) is 29.8 Å². The lowest BCUT2D eigenvalue weighted by Crippen LogP contribution is -2.14. The Morgan fingerprint density at radius 3 is 2.55 bits per heavy atom. The van der Waals surface area contributed by atoms with Crippen molar-refractivity contribution >= 4 is 29.0 Å². The number of nitro benzene ring substituents is 1. The molecule has 1 aromatic heterocycles. The highest BCUT2D eigenvalue weighted by molar-refractivity contribution is 7.99. The quantitative estimate of drug-likeness (QED) is 0.340. The first-order chi connectivity index (χ1) is 13.9. The summed E-state index contributed by atoms with van der Waals surface area (Å²) in [4.78, 5) is 22.2. The van der Waals surface area contributed by atoms with Crippen LogP contribution in [0, 0.1) is 15.9 Å². The molecule has 0 saturated heterocycles. The summed E-state index contributed by atoms with van der Waals surface area (Å²) in [5, 5.41) is 21.9. The number of aromatic nitrogens is 3. The largest absolute Gasteiger partial charge is 0.486 e. The molecular formula is C18H16FN5O4S. The van der Waals surface area contributed by atoms with Gasteiger partial charge in [0.25, 0.3) is 5.69 Å². The first-order valence-corrected chi connectivity index (χ1v) is 9.34. The van der Waals surface area contributed by atoms with Crippen molar-refractivity contribution in [3.8, 4) is 5.75 Å². The molecule has 0 saturated carbocycles. The first-order valence-electron chi connectivity index (χ1n) is 8.36. The second-order valence-electron chi connectivity index (χ2n) is 5.84. The molecule has 0 atom stereocenters. The fourth-order valence-electron chi connectivity index (χ4n) is 2.27. The van der Waals surface area contributed by atoms with Crippen molar-refractivity contribution in [1.29, 1.82) is 0 Å². The molecule has 9 nitrogen and oxygen atoms in total. The predicted octanol–water partition coefficient (Wildman–Crippen LogP) is 3.17. The molecule has 0 fully saturated rings. The minimum Gasteiger partial charge on any atom is -0.486 e. The molecule has 1 N–H and O–H groups in total. The Bertz CT molecular complexity index is 1010. The van der Waals surface area contributed by atoms with Crippen LogP contribution < -0.4 is 10.1 Å². The zero-order valence-corrected chi connectivity index (χ0v) is 16.1. The number of benzene rings is 2. The van der Waals surface area contributed by atoms with E-state index >= 15 is 0 Å². The summed E-state index contributed by atoms with van der Waals surface area (Å²) in [5.74, 6) is 0.469. The Hall–Kier alpha value is -3.47. The van der Waals surface area contributed by atoms with Crippen LogP contribution in [0.5, 0.6) is 5.75 Å². The SMILES string of the molecule is Cn1c(COc2ccc([N+](=O)[O-])cc2)nnc1SCC(=O)Nc1ccc(F)cc1. The molecule has 0 bridgehead atoms. The number of amides is 1. The third kappa shape index (κ3) is 5.51. The normalized spacial score (nSPS) is 10.6. The van der Waals surface area contributed by atoms with Crippen LogP contribution in [-0.2, 0) is 18.4 Å². The van der Waals surface area contributed by atoms with Gasteiger partial charge in [0.15, 0.2) is 11.0 Å². The second-order valence-corrected chi connectivity index (χ2v) is 6.78. The summed E-state index contributed by atoms with van der Waals surface area (Å²) in [7, 11) is 1.74. The minimum atomic E-state index is -0.484. The standard InChI is InChI=1S/C18H16FN5O4S/c1-23-16(10-28-15-8-6-14(7-9-15)24(26)27)21-22-18(23)29-11-17(25)20-13-4-2-12(19)3-5-13/h2-9H,10-11H2,1H3,(H,20,25). The van der Waals surface area contributed by atoms with Crippen LogP contribution in [0.15, 0.2) is 53.7 Å². The average Bonchev–Trinajstić information content (AvgIpc) is 3.06. The first kappa shape index (κ1) is 20.3. The summed E-state index contributed by atoms with van der Waals surface area (Å²) in [6.07, 6.45) is 0. The van der Waals surface area contributed by atoms with Gasteiger partial charge in [0.1, 0.15) is 18.2 Å². The van der Waals surface area contributed by atoms with E-state index < -0.39 is 4.92 Å². The van der Waals surface area contributed by atoms with Crippen molar-refractivity contribution in [2.24, 2.45) is 7.05 Å². The average molecular weight is 417 g/mol. The number of nitrogens with one attached hydrogen (secondary N) is 1. The van der Waals surface area contributed by atoms with Crippen LogP contribution in [-0.4, -0.2) is 31.3 Å². The number of hydrogen-bond acceptors (Lipinski definition) is 7. The third-order valence-corrected chi connectivity index (χ3v) is 4.82. The van der Waals surface area contributed by atoms with Crippen LogP contribution in [0.1, 0.15) is 5.82 Å². The molecule has 2 aromatic carbocycles. The number of carbonyl (C=O) groups excluding carboxylic acids is 1. The molecule has 0 unspecified atom stereocenters. The smallest absolute Gasteiger partial charge is 0.269 e. The number of anilines is 1. The van der Waals surface area contributed by atoms with Crippen molar-refractivity contribution < 1.29 is 18.8 Å². The number of hydrogen-bond donors (Lipinski definition) is 1. The number of nitro groups is 1. The van der Waals surface area contributed by atoms with E-state index in [1.807, 2.05) is 0 Å². The van der Waals surface area contributed by atoms with Crippen LogP contribution in [0.2, 0.25) is 0 Å². The number of halogens is 1. The van der Waals surface area contributed by atoms with Gasteiger partial charge in [-0.2, -0.15) is 0 Å². The van der Waals surface area contributed by atoms with Crippen molar-refractivity contribution in [2.45, 2.75) is 11.8 Å². The Kier molecular flexibility index (Phi) is 6.39. The maximum absolute atomic E-state index is 12.9. The topological polar surface area (TPSA) is 112 Å². The summed E-state index contributed by atoms with van der Waals surface area (Å²) < 4.78 is 20.2. The van der Waals surface area contributed by atoms with Gasteiger partial charge in [-0.1, -0.05) is 11.8 Å². The second kappa shape index (κ2) is 9.15. The van der Waals surface area contributed by atoms with Crippen LogP contribution in [0.3, 0.4) is 0 Å². The van der Waals surface area contributed by atoms with Gasteiger partial charge >= 0.3 is 0 Å². The fraction of sp³-hybridized carbons (Fsp3) is 0.167. The highest BCUT2D eigenvalue weighted by Gasteiger charge is 2.13. The van der Waals surface area contributed by atoms with Crippen molar-refractivity contribution in [3.05, 3.63) is 70.3 Å².